The van der Waals surface area contributed by atoms with Gasteiger partial charge in [0.1, 0.15) is 5.76 Å². The molecule has 1 amide bonds. The first kappa shape index (κ1) is 16.4. The van der Waals surface area contributed by atoms with Gasteiger partial charge in [0, 0.05) is 12.5 Å². The third-order valence-electron chi connectivity index (χ3n) is 3.06. The molecule has 2 aromatic rings. The Morgan fingerprint density at radius 1 is 1.45 bits per heavy atom. The highest BCUT2D eigenvalue weighted by Crippen LogP contribution is 2.23. The van der Waals surface area contributed by atoms with E-state index in [0.29, 0.717) is 17.5 Å². The minimum atomic E-state index is -0.194. The lowest BCUT2D eigenvalue weighted by Gasteiger charge is -2.17. The number of carbonyl (C=O) groups is 1. The van der Waals surface area contributed by atoms with E-state index in [9.17, 15) is 4.79 Å². The van der Waals surface area contributed by atoms with E-state index in [2.05, 4.69) is 10.2 Å². The van der Waals surface area contributed by atoms with Crippen molar-refractivity contribution in [2.45, 2.75) is 37.9 Å². The van der Waals surface area contributed by atoms with Crippen LogP contribution in [-0.4, -0.2) is 38.5 Å². The molecule has 8 heteroatoms. The SMILES string of the molecule is CN(Cc1ccco1)C(=O)CSc1nnc(C(C)(C)C)n1N. The van der Waals surface area contributed by atoms with Crippen molar-refractivity contribution in [3.05, 3.63) is 30.0 Å². The van der Waals surface area contributed by atoms with Crippen LogP contribution in [0, 0.1) is 0 Å². The van der Waals surface area contributed by atoms with Crippen LogP contribution >= 0.6 is 11.8 Å². The van der Waals surface area contributed by atoms with Crippen molar-refractivity contribution in [1.29, 1.82) is 0 Å². The molecular weight excluding hydrogens is 302 g/mol. The maximum Gasteiger partial charge on any atom is 0.233 e. The summed E-state index contributed by atoms with van der Waals surface area (Å²) in [4.78, 5) is 13.7. The highest BCUT2D eigenvalue weighted by Gasteiger charge is 2.23. The molecule has 0 aromatic carbocycles. The van der Waals surface area contributed by atoms with Gasteiger partial charge >= 0.3 is 0 Å². The van der Waals surface area contributed by atoms with Crippen molar-refractivity contribution in [2.75, 3.05) is 18.6 Å². The van der Waals surface area contributed by atoms with Crippen molar-refractivity contribution >= 4 is 17.7 Å². The normalized spacial score (nSPS) is 11.6. The van der Waals surface area contributed by atoms with Gasteiger partial charge in [-0.25, -0.2) is 4.68 Å². The van der Waals surface area contributed by atoms with Crippen molar-refractivity contribution < 1.29 is 9.21 Å². The Balaban J connectivity index is 1.92. The van der Waals surface area contributed by atoms with Gasteiger partial charge in [-0.2, -0.15) is 0 Å². The topological polar surface area (TPSA) is 90.2 Å². The number of rotatable bonds is 5. The van der Waals surface area contributed by atoms with E-state index in [-0.39, 0.29) is 17.1 Å². The summed E-state index contributed by atoms with van der Waals surface area (Å²) in [5.41, 5.74) is -0.194. The van der Waals surface area contributed by atoms with E-state index >= 15 is 0 Å². The van der Waals surface area contributed by atoms with E-state index in [1.54, 1.807) is 24.3 Å². The number of amides is 1. The Labute approximate surface area is 133 Å². The fraction of sp³-hybridized carbons (Fsp3) is 0.500. The molecule has 0 aliphatic rings. The molecule has 22 heavy (non-hydrogen) atoms. The molecular formula is C14H21N5O2S. The van der Waals surface area contributed by atoms with Gasteiger partial charge in [0.2, 0.25) is 11.1 Å². The fourth-order valence-electron chi connectivity index (χ4n) is 1.85. The molecule has 0 saturated heterocycles. The summed E-state index contributed by atoms with van der Waals surface area (Å²) in [6.07, 6.45) is 1.59. The first-order valence-corrected chi connectivity index (χ1v) is 7.87. The number of hydrogen-bond acceptors (Lipinski definition) is 6. The number of aromatic nitrogens is 3. The lowest BCUT2D eigenvalue weighted by Crippen LogP contribution is -2.28. The number of nitrogens with two attached hydrogens (primary N) is 1. The number of thioether (sulfide) groups is 1. The molecule has 0 radical (unpaired) electrons. The van der Waals surface area contributed by atoms with Crippen LogP contribution in [0.2, 0.25) is 0 Å². The van der Waals surface area contributed by atoms with Crippen LogP contribution in [0.3, 0.4) is 0 Å². The number of nitrogens with zero attached hydrogens (tertiary/aromatic N) is 4. The van der Waals surface area contributed by atoms with Crippen LogP contribution in [0.5, 0.6) is 0 Å². The van der Waals surface area contributed by atoms with Gasteiger partial charge in [-0.3, -0.25) is 4.79 Å². The highest BCUT2D eigenvalue weighted by atomic mass is 32.2. The molecule has 2 heterocycles. The molecule has 7 nitrogen and oxygen atoms in total. The monoisotopic (exact) mass is 323 g/mol. The highest BCUT2D eigenvalue weighted by molar-refractivity contribution is 7.99. The maximum absolute atomic E-state index is 12.1. The summed E-state index contributed by atoms with van der Waals surface area (Å²) in [7, 11) is 1.74. The first-order valence-electron chi connectivity index (χ1n) is 6.89. The van der Waals surface area contributed by atoms with Crippen molar-refractivity contribution in [1.82, 2.24) is 19.8 Å². The fourth-order valence-corrected chi connectivity index (χ4v) is 2.64. The molecule has 0 aliphatic carbocycles. The third-order valence-corrected chi connectivity index (χ3v) is 3.99. The maximum atomic E-state index is 12.1. The summed E-state index contributed by atoms with van der Waals surface area (Å²) in [5.74, 6) is 7.65. The Morgan fingerprint density at radius 3 is 2.73 bits per heavy atom. The van der Waals surface area contributed by atoms with Crippen LogP contribution in [0.4, 0.5) is 0 Å². The standard InChI is InChI=1S/C14H21N5O2S/c1-14(2,3)12-16-17-13(19(12)15)22-9-11(20)18(4)8-10-6-5-7-21-10/h5-7H,8-9,15H2,1-4H3. The molecule has 0 atom stereocenters. The first-order chi connectivity index (χ1) is 10.3. The summed E-state index contributed by atoms with van der Waals surface area (Å²) < 4.78 is 6.68. The number of carbonyl (C=O) groups excluding carboxylic acids is 1. The second kappa shape index (κ2) is 6.43. The zero-order valence-electron chi connectivity index (χ0n) is 13.2. The van der Waals surface area contributed by atoms with E-state index in [0.717, 1.165) is 5.76 Å². The van der Waals surface area contributed by atoms with Crippen LogP contribution < -0.4 is 5.84 Å². The summed E-state index contributed by atoms with van der Waals surface area (Å²) in [5, 5.41) is 8.68. The van der Waals surface area contributed by atoms with Crippen molar-refractivity contribution in [2.24, 2.45) is 0 Å². The van der Waals surface area contributed by atoms with Gasteiger partial charge in [-0.05, 0) is 12.1 Å². The number of nitrogen functional groups attached to an aromatic ring is 1. The average Bonchev–Trinajstić information content (AvgIpc) is 3.05. The Kier molecular flexibility index (Phi) is 4.80. The molecule has 2 N–H and O–H groups in total. The smallest absolute Gasteiger partial charge is 0.233 e. The molecule has 2 aromatic heterocycles. The van der Waals surface area contributed by atoms with Gasteiger partial charge < -0.3 is 15.2 Å². The van der Waals surface area contributed by atoms with Crippen LogP contribution in [0.15, 0.2) is 28.0 Å². The lowest BCUT2D eigenvalue weighted by molar-refractivity contribution is -0.127. The van der Waals surface area contributed by atoms with E-state index in [4.69, 9.17) is 10.3 Å². The van der Waals surface area contributed by atoms with Crippen molar-refractivity contribution in [3.63, 3.8) is 0 Å². The zero-order chi connectivity index (χ0) is 16.3. The Bertz CT molecular complexity index is 630. The Hall–Kier alpha value is -1.96. The average molecular weight is 323 g/mol. The molecule has 0 aliphatic heterocycles. The molecule has 0 spiro atoms. The quantitative estimate of drug-likeness (QED) is 0.664. The van der Waals surface area contributed by atoms with Gasteiger partial charge in [0.25, 0.3) is 0 Å². The molecule has 2 rings (SSSR count). The van der Waals surface area contributed by atoms with Crippen LogP contribution in [0.1, 0.15) is 32.4 Å². The number of furan rings is 1. The van der Waals surface area contributed by atoms with Crippen LogP contribution in [0.25, 0.3) is 0 Å². The summed E-state index contributed by atoms with van der Waals surface area (Å²) in [6, 6.07) is 3.64. The molecule has 0 fully saturated rings. The molecule has 0 bridgehead atoms. The largest absolute Gasteiger partial charge is 0.467 e. The van der Waals surface area contributed by atoms with Gasteiger partial charge in [0.05, 0.1) is 18.6 Å². The summed E-state index contributed by atoms with van der Waals surface area (Å²) >= 11 is 1.28. The third kappa shape index (κ3) is 3.82. The van der Waals surface area contributed by atoms with Crippen LogP contribution in [-0.2, 0) is 16.8 Å². The second-order valence-electron chi connectivity index (χ2n) is 6.04. The summed E-state index contributed by atoms with van der Waals surface area (Å²) in [6.45, 7) is 6.47. The van der Waals surface area contributed by atoms with Gasteiger partial charge in [-0.1, -0.05) is 32.5 Å². The molecule has 0 saturated carbocycles. The van der Waals surface area contributed by atoms with E-state index < -0.39 is 0 Å². The Morgan fingerprint density at radius 2 is 2.18 bits per heavy atom. The van der Waals surface area contributed by atoms with E-state index in [1.807, 2.05) is 26.8 Å². The van der Waals surface area contributed by atoms with Gasteiger partial charge in [-0.15, -0.1) is 10.2 Å². The number of hydrogen-bond donors (Lipinski definition) is 1. The van der Waals surface area contributed by atoms with Gasteiger partial charge in [0.15, 0.2) is 5.82 Å². The predicted molar refractivity (Wildman–Crippen MR) is 84.8 cm³/mol. The predicted octanol–water partition coefficient (Wildman–Crippen LogP) is 1.63. The second-order valence-corrected chi connectivity index (χ2v) is 6.99. The van der Waals surface area contributed by atoms with Crippen molar-refractivity contribution in [3.8, 4) is 0 Å². The minimum Gasteiger partial charge on any atom is -0.467 e. The lowest BCUT2D eigenvalue weighted by atomic mass is 9.96. The molecule has 120 valence electrons. The van der Waals surface area contributed by atoms with E-state index in [1.165, 1.54) is 16.4 Å². The minimum absolute atomic E-state index is 0.0262. The zero-order valence-corrected chi connectivity index (χ0v) is 14.1. The molecule has 0 unspecified atom stereocenters.